The van der Waals surface area contributed by atoms with E-state index in [0.29, 0.717) is 22.1 Å². The Morgan fingerprint density at radius 1 is 1.17 bits per heavy atom. The quantitative estimate of drug-likeness (QED) is 0.343. The third-order valence-corrected chi connectivity index (χ3v) is 6.16. The number of aromatic nitrogens is 5. The van der Waals surface area contributed by atoms with E-state index in [0.717, 1.165) is 31.6 Å². The molecular formula is C19H30N6O4S. The maximum Gasteiger partial charge on any atom is 0.191 e. The highest BCUT2D eigenvalue weighted by Gasteiger charge is 2.56. The van der Waals surface area contributed by atoms with E-state index < -0.39 is 24.2 Å². The van der Waals surface area contributed by atoms with Crippen molar-refractivity contribution in [2.45, 2.75) is 82.4 Å². The van der Waals surface area contributed by atoms with Gasteiger partial charge in [-0.3, -0.25) is 0 Å². The Kier molecular flexibility index (Phi) is 6.44. The number of rotatable bonds is 9. The zero-order valence-electron chi connectivity index (χ0n) is 17.9. The van der Waals surface area contributed by atoms with Crippen LogP contribution in [0.25, 0.3) is 11.2 Å². The van der Waals surface area contributed by atoms with Gasteiger partial charge >= 0.3 is 0 Å². The molecule has 10 nitrogen and oxygen atoms in total. The number of anilines is 1. The number of aliphatic hydroxyl groups excluding tert-OH is 1. The van der Waals surface area contributed by atoms with Gasteiger partial charge in [0, 0.05) is 12.3 Å². The number of nitrogens with zero attached hydrogens (tertiary/aromatic N) is 5. The molecule has 2 aliphatic rings. The molecule has 2 fully saturated rings. The molecule has 0 radical (unpaired) electrons. The molecule has 4 atom stereocenters. The first-order chi connectivity index (χ1) is 14.5. The monoisotopic (exact) mass is 438 g/mol. The highest BCUT2D eigenvalue weighted by atomic mass is 32.2. The van der Waals surface area contributed by atoms with Crippen LogP contribution < -0.4 is 5.32 Å². The standard InChI is InChI=1S/C19H30N6O4S/c1-5-7-8-20-15-12-16(22-18(21-15)30-9-6-2)25(24-23-12)17-14-13(11(10-26)27-17)28-19(3,4)29-14/h11,13-14,17,26H,5-10H2,1-4H3,(H,20,21,22)/t11-,13-,14-,17-/m1/s1. The molecule has 0 spiro atoms. The summed E-state index contributed by atoms with van der Waals surface area (Å²) >= 11 is 1.60. The summed E-state index contributed by atoms with van der Waals surface area (Å²) in [4.78, 5) is 9.38. The summed E-state index contributed by atoms with van der Waals surface area (Å²) < 4.78 is 19.7. The Balaban J connectivity index is 1.71. The molecule has 166 valence electrons. The van der Waals surface area contributed by atoms with E-state index in [2.05, 4.69) is 34.5 Å². The summed E-state index contributed by atoms with van der Waals surface area (Å²) in [5.74, 6) is 0.838. The lowest BCUT2D eigenvalue weighted by atomic mass is 10.1. The second-order valence-electron chi connectivity index (χ2n) is 8.00. The smallest absolute Gasteiger partial charge is 0.191 e. The van der Waals surface area contributed by atoms with Crippen molar-refractivity contribution in [3.63, 3.8) is 0 Å². The molecule has 0 amide bonds. The molecule has 0 unspecified atom stereocenters. The normalized spacial score (nSPS) is 27.6. The zero-order chi connectivity index (χ0) is 21.3. The summed E-state index contributed by atoms with van der Waals surface area (Å²) in [7, 11) is 0. The maximum atomic E-state index is 9.77. The average Bonchev–Trinajstić information content (AvgIpc) is 3.36. The lowest BCUT2D eigenvalue weighted by Crippen LogP contribution is -2.31. The molecule has 2 aromatic rings. The molecule has 2 aromatic heterocycles. The van der Waals surface area contributed by atoms with Crippen LogP contribution in [0.2, 0.25) is 0 Å². The predicted molar refractivity (Wildman–Crippen MR) is 112 cm³/mol. The molecule has 2 aliphatic heterocycles. The Hall–Kier alpha value is -1.53. The topological polar surface area (TPSA) is 116 Å². The van der Waals surface area contributed by atoms with Gasteiger partial charge in [-0.1, -0.05) is 37.2 Å². The maximum absolute atomic E-state index is 9.77. The highest BCUT2D eigenvalue weighted by molar-refractivity contribution is 7.99. The van der Waals surface area contributed by atoms with Gasteiger partial charge in [0.2, 0.25) is 0 Å². The third-order valence-electron chi connectivity index (χ3n) is 5.11. The molecule has 0 aromatic carbocycles. The largest absolute Gasteiger partial charge is 0.394 e. The number of thioether (sulfide) groups is 1. The summed E-state index contributed by atoms with van der Waals surface area (Å²) in [6.07, 6.45) is 1.24. The zero-order valence-corrected chi connectivity index (χ0v) is 18.7. The fraction of sp³-hybridized carbons (Fsp3) is 0.789. The van der Waals surface area contributed by atoms with Crippen molar-refractivity contribution >= 4 is 28.7 Å². The molecule has 30 heavy (non-hydrogen) atoms. The van der Waals surface area contributed by atoms with Gasteiger partial charge in [0.1, 0.15) is 18.3 Å². The van der Waals surface area contributed by atoms with Gasteiger partial charge in [0.25, 0.3) is 0 Å². The van der Waals surface area contributed by atoms with Crippen molar-refractivity contribution in [1.29, 1.82) is 0 Å². The first kappa shape index (κ1) is 21.7. The van der Waals surface area contributed by atoms with Crippen molar-refractivity contribution in [1.82, 2.24) is 25.0 Å². The Morgan fingerprint density at radius 2 is 1.97 bits per heavy atom. The van der Waals surface area contributed by atoms with Gasteiger partial charge in [0.15, 0.2) is 34.2 Å². The molecule has 0 aliphatic carbocycles. The number of fused-ring (bicyclic) bond motifs is 2. The predicted octanol–water partition coefficient (Wildman–Crippen LogP) is 2.35. The van der Waals surface area contributed by atoms with Crippen molar-refractivity contribution in [2.24, 2.45) is 0 Å². The van der Waals surface area contributed by atoms with E-state index in [1.165, 1.54) is 0 Å². The van der Waals surface area contributed by atoms with E-state index in [-0.39, 0.29) is 12.7 Å². The van der Waals surface area contributed by atoms with Crippen molar-refractivity contribution in [2.75, 3.05) is 24.2 Å². The van der Waals surface area contributed by atoms with Crippen LogP contribution in [-0.2, 0) is 14.2 Å². The fourth-order valence-corrected chi connectivity index (χ4v) is 4.44. The van der Waals surface area contributed by atoms with Gasteiger partial charge in [-0.05, 0) is 26.7 Å². The minimum absolute atomic E-state index is 0.167. The van der Waals surface area contributed by atoms with Gasteiger partial charge < -0.3 is 24.6 Å². The Labute approximate surface area is 180 Å². The van der Waals surface area contributed by atoms with Crippen molar-refractivity contribution in [3.05, 3.63) is 0 Å². The first-order valence-corrected chi connectivity index (χ1v) is 11.6. The van der Waals surface area contributed by atoms with E-state index >= 15 is 0 Å². The molecule has 0 bridgehead atoms. The van der Waals surface area contributed by atoms with Crippen molar-refractivity contribution < 1.29 is 19.3 Å². The van der Waals surface area contributed by atoms with Crippen molar-refractivity contribution in [3.8, 4) is 0 Å². The molecule has 4 heterocycles. The minimum atomic E-state index is -0.759. The van der Waals surface area contributed by atoms with E-state index in [9.17, 15) is 5.11 Å². The van der Waals surface area contributed by atoms with Gasteiger partial charge in [-0.15, -0.1) is 5.10 Å². The summed E-state index contributed by atoms with van der Waals surface area (Å²) in [6, 6.07) is 0. The van der Waals surface area contributed by atoms with Crippen LogP contribution in [0.1, 0.15) is 53.2 Å². The summed E-state index contributed by atoms with van der Waals surface area (Å²) in [6.45, 7) is 8.61. The minimum Gasteiger partial charge on any atom is -0.394 e. The first-order valence-electron chi connectivity index (χ1n) is 10.6. The number of hydrogen-bond donors (Lipinski definition) is 2. The average molecular weight is 439 g/mol. The second kappa shape index (κ2) is 8.91. The molecule has 11 heteroatoms. The summed E-state index contributed by atoms with van der Waals surface area (Å²) in [5, 5.41) is 22.5. The summed E-state index contributed by atoms with van der Waals surface area (Å²) in [5.41, 5.74) is 1.18. The van der Waals surface area contributed by atoms with Crippen LogP contribution in [0, 0.1) is 0 Å². The van der Waals surface area contributed by atoms with Crippen LogP contribution in [0.4, 0.5) is 5.82 Å². The third kappa shape index (κ3) is 4.13. The highest BCUT2D eigenvalue weighted by Crippen LogP contribution is 2.43. The number of hydrogen-bond acceptors (Lipinski definition) is 10. The van der Waals surface area contributed by atoms with Crippen LogP contribution >= 0.6 is 11.8 Å². The van der Waals surface area contributed by atoms with Gasteiger partial charge in [0.05, 0.1) is 6.61 Å². The SMILES string of the molecule is CCCCNc1nc(SCCC)nc2c1nnn2[C@@H]1O[C@H](CO)[C@H]2OC(C)(C)O[C@H]21. The Morgan fingerprint density at radius 3 is 2.70 bits per heavy atom. The van der Waals surface area contributed by atoms with E-state index in [4.69, 9.17) is 19.2 Å². The molecule has 2 saturated heterocycles. The number of unbranched alkanes of at least 4 members (excludes halogenated alkanes) is 1. The molecule has 0 saturated carbocycles. The van der Waals surface area contributed by atoms with Crippen LogP contribution in [0.15, 0.2) is 5.16 Å². The van der Waals surface area contributed by atoms with E-state index in [1.54, 1.807) is 16.4 Å². The van der Waals surface area contributed by atoms with Gasteiger partial charge in [-0.2, -0.15) is 4.68 Å². The Bertz CT molecular complexity index is 878. The van der Waals surface area contributed by atoms with Crippen LogP contribution in [0.3, 0.4) is 0 Å². The second-order valence-corrected chi connectivity index (χ2v) is 9.06. The number of aliphatic hydroxyl groups is 1. The molecule has 4 rings (SSSR count). The molecular weight excluding hydrogens is 408 g/mol. The number of nitrogens with one attached hydrogen (secondary N) is 1. The number of ether oxygens (including phenoxy) is 3. The molecule has 2 N–H and O–H groups in total. The lowest BCUT2D eigenvalue weighted by Gasteiger charge is -2.23. The van der Waals surface area contributed by atoms with Crippen LogP contribution in [0.5, 0.6) is 0 Å². The fourth-order valence-electron chi connectivity index (χ4n) is 3.75. The van der Waals surface area contributed by atoms with Crippen LogP contribution in [-0.4, -0.2) is 73.1 Å². The lowest BCUT2D eigenvalue weighted by molar-refractivity contribution is -0.201. The van der Waals surface area contributed by atoms with E-state index in [1.807, 2.05) is 13.8 Å². The van der Waals surface area contributed by atoms with Gasteiger partial charge in [-0.25, -0.2) is 9.97 Å².